The maximum absolute atomic E-state index is 11.7. The van der Waals surface area contributed by atoms with Crippen LogP contribution in [0.4, 0.5) is 5.69 Å². The van der Waals surface area contributed by atoms with Gasteiger partial charge in [-0.25, -0.2) is 4.79 Å². The van der Waals surface area contributed by atoms with Crippen LogP contribution in [0.1, 0.15) is 17.3 Å². The summed E-state index contributed by atoms with van der Waals surface area (Å²) in [4.78, 5) is 43.8. The number of hydrazine groups is 1. The van der Waals surface area contributed by atoms with Crippen molar-refractivity contribution >= 4 is 23.5 Å². The molecule has 0 bridgehead atoms. The Morgan fingerprint density at radius 1 is 1.25 bits per heavy atom. The van der Waals surface area contributed by atoms with Crippen LogP contribution in [0.25, 0.3) is 0 Å². The predicted molar refractivity (Wildman–Crippen MR) is 65.3 cm³/mol. The van der Waals surface area contributed by atoms with Crippen molar-refractivity contribution in [3.05, 3.63) is 39.9 Å². The average molecular weight is 281 g/mol. The number of amides is 2. The van der Waals surface area contributed by atoms with Crippen LogP contribution in [0.2, 0.25) is 0 Å². The zero-order valence-electron chi connectivity index (χ0n) is 10.4. The molecule has 0 spiro atoms. The van der Waals surface area contributed by atoms with Gasteiger partial charge in [-0.1, -0.05) is 12.1 Å². The molecule has 1 aromatic rings. The Morgan fingerprint density at radius 3 is 2.50 bits per heavy atom. The summed E-state index contributed by atoms with van der Waals surface area (Å²) in [7, 11) is 0. The van der Waals surface area contributed by atoms with E-state index in [1.54, 1.807) is 5.43 Å². The van der Waals surface area contributed by atoms with Crippen LogP contribution in [-0.4, -0.2) is 29.3 Å². The number of carbonyl (C=O) groups excluding carboxylic acids is 3. The molecule has 0 saturated carbocycles. The first-order chi connectivity index (χ1) is 9.47. The van der Waals surface area contributed by atoms with Crippen LogP contribution in [0.3, 0.4) is 0 Å². The Morgan fingerprint density at radius 2 is 1.90 bits per heavy atom. The van der Waals surface area contributed by atoms with Gasteiger partial charge >= 0.3 is 11.9 Å². The molecule has 0 radical (unpaired) electrons. The molecule has 0 aliphatic carbocycles. The van der Waals surface area contributed by atoms with E-state index in [9.17, 15) is 24.5 Å². The van der Waals surface area contributed by atoms with Gasteiger partial charge < -0.3 is 4.74 Å². The number of nitro groups is 1. The molecule has 9 heteroatoms. The zero-order chi connectivity index (χ0) is 15.1. The second-order valence-electron chi connectivity index (χ2n) is 3.40. The number of benzene rings is 1. The minimum Gasteiger partial charge on any atom is -0.459 e. The van der Waals surface area contributed by atoms with Crippen LogP contribution in [0.5, 0.6) is 0 Å². The Kier molecular flexibility index (Phi) is 5.15. The fraction of sp³-hybridized carbons (Fsp3) is 0.182. The third kappa shape index (κ3) is 3.77. The lowest BCUT2D eigenvalue weighted by Crippen LogP contribution is -2.45. The number of esters is 1. The summed E-state index contributed by atoms with van der Waals surface area (Å²) >= 11 is 0. The van der Waals surface area contributed by atoms with Gasteiger partial charge in [-0.05, 0) is 13.0 Å². The van der Waals surface area contributed by atoms with Gasteiger partial charge in [0.1, 0.15) is 5.56 Å². The van der Waals surface area contributed by atoms with Crippen LogP contribution >= 0.6 is 0 Å². The number of carbonyl (C=O) groups is 3. The highest BCUT2D eigenvalue weighted by atomic mass is 16.6. The standard InChI is InChI=1S/C11H11N3O6/c1-2-20-11(17)10(16)13-12-9(15)7-5-3-4-6-8(7)14(18)19/h3-6H,2H2,1H3,(H,12,15)(H,13,16). The van der Waals surface area contributed by atoms with Gasteiger partial charge in [-0.15, -0.1) is 0 Å². The van der Waals surface area contributed by atoms with E-state index in [4.69, 9.17) is 0 Å². The van der Waals surface area contributed by atoms with E-state index >= 15 is 0 Å². The number of nitrogens with zero attached hydrogens (tertiary/aromatic N) is 1. The third-order valence-electron chi connectivity index (χ3n) is 2.10. The van der Waals surface area contributed by atoms with Gasteiger partial charge in [0, 0.05) is 6.07 Å². The number of hydrogen-bond donors (Lipinski definition) is 2. The molecule has 1 rings (SSSR count). The summed E-state index contributed by atoms with van der Waals surface area (Å²) in [6.07, 6.45) is 0. The largest absolute Gasteiger partial charge is 0.459 e. The molecule has 2 amide bonds. The van der Waals surface area contributed by atoms with Crippen molar-refractivity contribution < 1.29 is 24.0 Å². The lowest BCUT2D eigenvalue weighted by Gasteiger charge is -2.06. The van der Waals surface area contributed by atoms with Crippen molar-refractivity contribution in [3.8, 4) is 0 Å². The SMILES string of the molecule is CCOC(=O)C(=O)NNC(=O)c1ccccc1[N+](=O)[O-]. The van der Waals surface area contributed by atoms with Crippen LogP contribution in [0.15, 0.2) is 24.3 Å². The van der Waals surface area contributed by atoms with E-state index in [1.807, 2.05) is 5.43 Å². The fourth-order valence-electron chi connectivity index (χ4n) is 1.25. The Hall–Kier alpha value is -2.97. The first-order valence-electron chi connectivity index (χ1n) is 5.48. The molecule has 2 N–H and O–H groups in total. The monoisotopic (exact) mass is 281 g/mol. The van der Waals surface area contributed by atoms with Crippen molar-refractivity contribution in [2.45, 2.75) is 6.92 Å². The first kappa shape index (κ1) is 15.1. The smallest absolute Gasteiger partial charge is 0.398 e. The summed E-state index contributed by atoms with van der Waals surface area (Å²) in [6.45, 7) is 1.52. The number of hydrogen-bond acceptors (Lipinski definition) is 6. The summed E-state index contributed by atoms with van der Waals surface area (Å²) in [5.41, 5.74) is 3.02. The lowest BCUT2D eigenvalue weighted by molar-refractivity contribution is -0.385. The predicted octanol–water partition coefficient (Wildman–Crippen LogP) is -0.0811. The minimum absolute atomic E-state index is 0.00432. The molecule has 0 saturated heterocycles. The van der Waals surface area contributed by atoms with E-state index in [-0.39, 0.29) is 12.2 Å². The van der Waals surface area contributed by atoms with Crippen molar-refractivity contribution in [1.29, 1.82) is 0 Å². The molecule has 20 heavy (non-hydrogen) atoms. The summed E-state index contributed by atoms with van der Waals surface area (Å²) in [5, 5.41) is 10.7. The highest BCUT2D eigenvalue weighted by molar-refractivity contribution is 6.32. The van der Waals surface area contributed by atoms with Gasteiger partial charge in [0.15, 0.2) is 0 Å². The topological polar surface area (TPSA) is 128 Å². The molecule has 1 aromatic carbocycles. The Bertz CT molecular complexity index is 557. The van der Waals surface area contributed by atoms with Crippen molar-refractivity contribution in [3.63, 3.8) is 0 Å². The van der Waals surface area contributed by atoms with Gasteiger partial charge in [0.25, 0.3) is 11.6 Å². The van der Waals surface area contributed by atoms with Crippen molar-refractivity contribution in [2.75, 3.05) is 6.61 Å². The van der Waals surface area contributed by atoms with Gasteiger partial charge in [0.05, 0.1) is 11.5 Å². The molecule has 0 heterocycles. The minimum atomic E-state index is -1.18. The lowest BCUT2D eigenvalue weighted by atomic mass is 10.2. The van der Waals surface area contributed by atoms with Gasteiger partial charge in [-0.3, -0.25) is 30.6 Å². The first-order valence-corrected chi connectivity index (χ1v) is 5.48. The quantitative estimate of drug-likeness (QED) is 0.345. The van der Waals surface area contributed by atoms with Gasteiger partial charge in [0.2, 0.25) is 0 Å². The zero-order valence-corrected chi connectivity index (χ0v) is 10.4. The number of nitrogens with one attached hydrogen (secondary N) is 2. The molecule has 106 valence electrons. The molecule has 0 aromatic heterocycles. The Balaban J connectivity index is 2.71. The van der Waals surface area contributed by atoms with E-state index in [0.29, 0.717) is 0 Å². The van der Waals surface area contributed by atoms with E-state index in [1.165, 1.54) is 25.1 Å². The van der Waals surface area contributed by atoms with Crippen LogP contribution in [0, 0.1) is 10.1 Å². The highest BCUT2D eigenvalue weighted by Gasteiger charge is 2.21. The molecule has 9 nitrogen and oxygen atoms in total. The van der Waals surface area contributed by atoms with Crippen LogP contribution < -0.4 is 10.9 Å². The maximum atomic E-state index is 11.7. The molecule has 0 aliphatic rings. The number of nitro benzene ring substituents is 1. The van der Waals surface area contributed by atoms with E-state index in [0.717, 1.165) is 6.07 Å². The van der Waals surface area contributed by atoms with Gasteiger partial charge in [-0.2, -0.15) is 0 Å². The number of ether oxygens (including phenoxy) is 1. The summed E-state index contributed by atoms with van der Waals surface area (Å²) < 4.78 is 4.39. The number of para-hydroxylation sites is 1. The summed E-state index contributed by atoms with van der Waals surface area (Å²) in [6, 6.07) is 5.17. The Labute approximate surface area is 113 Å². The highest BCUT2D eigenvalue weighted by Crippen LogP contribution is 2.16. The molecular weight excluding hydrogens is 270 g/mol. The molecule has 0 atom stereocenters. The van der Waals surface area contributed by atoms with Crippen LogP contribution in [-0.2, 0) is 14.3 Å². The van der Waals surface area contributed by atoms with E-state index in [2.05, 4.69) is 4.74 Å². The third-order valence-corrected chi connectivity index (χ3v) is 2.10. The van der Waals surface area contributed by atoms with Crippen molar-refractivity contribution in [1.82, 2.24) is 10.9 Å². The van der Waals surface area contributed by atoms with E-state index < -0.39 is 28.4 Å². The van der Waals surface area contributed by atoms with Crippen molar-refractivity contribution in [2.24, 2.45) is 0 Å². The molecule has 0 fully saturated rings. The average Bonchev–Trinajstić information content (AvgIpc) is 2.44. The fourth-order valence-corrected chi connectivity index (χ4v) is 1.25. The second-order valence-corrected chi connectivity index (χ2v) is 3.40. The second kappa shape index (κ2) is 6.83. The molecule has 0 unspecified atom stereocenters. The molecule has 0 aliphatic heterocycles. The molecular formula is C11H11N3O6. The normalized spacial score (nSPS) is 9.45. The maximum Gasteiger partial charge on any atom is 0.398 e. The summed E-state index contributed by atoms with van der Waals surface area (Å²) in [5.74, 6) is -3.27. The number of rotatable bonds is 3.